The molecule has 124 valence electrons. The van der Waals surface area contributed by atoms with Gasteiger partial charge in [0, 0.05) is 26.2 Å². The van der Waals surface area contributed by atoms with Crippen molar-refractivity contribution in [1.82, 2.24) is 9.80 Å². The maximum absolute atomic E-state index is 12.2. The van der Waals surface area contributed by atoms with Crippen molar-refractivity contribution in [1.29, 1.82) is 0 Å². The van der Waals surface area contributed by atoms with Crippen LogP contribution in [0.4, 0.5) is 9.59 Å². The van der Waals surface area contributed by atoms with Crippen molar-refractivity contribution < 1.29 is 19.1 Å². The van der Waals surface area contributed by atoms with Gasteiger partial charge in [-0.15, -0.1) is 0 Å². The quantitative estimate of drug-likeness (QED) is 0.840. The van der Waals surface area contributed by atoms with Crippen molar-refractivity contribution in [3.63, 3.8) is 0 Å². The third kappa shape index (κ3) is 3.57. The van der Waals surface area contributed by atoms with Gasteiger partial charge in [0.1, 0.15) is 0 Å². The molecule has 2 heterocycles. The lowest BCUT2D eigenvalue weighted by atomic mass is 10.2. The number of para-hydroxylation sites is 1. The first kappa shape index (κ1) is 15.6. The summed E-state index contributed by atoms with van der Waals surface area (Å²) in [6.45, 7) is 4.70. The Balaban J connectivity index is 1.73. The summed E-state index contributed by atoms with van der Waals surface area (Å²) in [5.41, 5.74) is 0.768. The number of benzene rings is 1. The first-order chi connectivity index (χ1) is 11.1. The molecule has 0 radical (unpaired) electrons. The van der Waals surface area contributed by atoms with Crippen molar-refractivity contribution in [3.8, 4) is 11.5 Å². The summed E-state index contributed by atoms with van der Waals surface area (Å²) >= 11 is 0. The Morgan fingerprint density at radius 1 is 0.870 bits per heavy atom. The minimum atomic E-state index is -0.383. The topological polar surface area (TPSA) is 59.1 Å². The number of aryl methyl sites for hydroxylation is 1. The molecule has 2 aliphatic heterocycles. The van der Waals surface area contributed by atoms with Gasteiger partial charge in [0.15, 0.2) is 11.5 Å². The molecule has 6 nitrogen and oxygen atoms in total. The number of rotatable bonds is 2. The van der Waals surface area contributed by atoms with E-state index in [0.29, 0.717) is 37.7 Å². The summed E-state index contributed by atoms with van der Waals surface area (Å²) in [4.78, 5) is 27.7. The third-order valence-corrected chi connectivity index (χ3v) is 4.29. The number of hydrogen-bond acceptors (Lipinski definition) is 4. The summed E-state index contributed by atoms with van der Waals surface area (Å²) < 4.78 is 11.0. The monoisotopic (exact) mass is 318 g/mol. The predicted molar refractivity (Wildman–Crippen MR) is 84.8 cm³/mol. The number of likely N-dealkylation sites (tertiary alicyclic amines) is 2. The molecule has 0 saturated carbocycles. The van der Waals surface area contributed by atoms with Crippen molar-refractivity contribution in [2.75, 3.05) is 26.2 Å². The van der Waals surface area contributed by atoms with E-state index in [0.717, 1.165) is 31.2 Å². The van der Waals surface area contributed by atoms with E-state index in [9.17, 15) is 9.59 Å². The fourth-order valence-corrected chi connectivity index (χ4v) is 2.95. The van der Waals surface area contributed by atoms with Crippen molar-refractivity contribution in [2.45, 2.75) is 32.6 Å². The maximum Gasteiger partial charge on any atom is 0.415 e. The Morgan fingerprint density at radius 2 is 1.39 bits per heavy atom. The molecule has 2 amide bonds. The van der Waals surface area contributed by atoms with Gasteiger partial charge in [-0.05, 0) is 44.2 Å². The Kier molecular flexibility index (Phi) is 4.69. The molecular weight excluding hydrogens is 296 g/mol. The Bertz CT molecular complexity index is 590. The van der Waals surface area contributed by atoms with Gasteiger partial charge in [-0.3, -0.25) is 0 Å². The largest absolute Gasteiger partial charge is 0.415 e. The predicted octanol–water partition coefficient (Wildman–Crippen LogP) is 3.18. The molecule has 0 atom stereocenters. The van der Waals surface area contributed by atoms with Crippen LogP contribution in [0.15, 0.2) is 18.2 Å². The average Bonchev–Trinajstić information content (AvgIpc) is 3.23. The van der Waals surface area contributed by atoms with Crippen molar-refractivity contribution >= 4 is 12.2 Å². The molecule has 3 rings (SSSR count). The summed E-state index contributed by atoms with van der Waals surface area (Å²) in [5.74, 6) is 0.631. The van der Waals surface area contributed by atoms with Gasteiger partial charge in [0.25, 0.3) is 0 Å². The highest BCUT2D eigenvalue weighted by atomic mass is 16.6. The molecule has 2 saturated heterocycles. The summed E-state index contributed by atoms with van der Waals surface area (Å²) in [6, 6.07) is 5.28. The number of carbonyl (C=O) groups is 2. The second-order valence-electron chi connectivity index (χ2n) is 6.03. The fourth-order valence-electron chi connectivity index (χ4n) is 2.95. The van der Waals surface area contributed by atoms with Gasteiger partial charge in [-0.1, -0.05) is 12.1 Å². The van der Waals surface area contributed by atoms with Gasteiger partial charge in [0.05, 0.1) is 0 Å². The van der Waals surface area contributed by atoms with E-state index < -0.39 is 0 Å². The molecule has 1 aromatic rings. The zero-order valence-corrected chi connectivity index (χ0v) is 13.4. The second kappa shape index (κ2) is 6.89. The number of ether oxygens (including phenoxy) is 2. The highest BCUT2D eigenvalue weighted by Gasteiger charge is 2.25. The van der Waals surface area contributed by atoms with Gasteiger partial charge in [0.2, 0.25) is 0 Å². The van der Waals surface area contributed by atoms with Gasteiger partial charge in [-0.25, -0.2) is 9.59 Å². The minimum Gasteiger partial charge on any atom is -0.406 e. The van der Waals surface area contributed by atoms with Crippen molar-refractivity contribution in [3.05, 3.63) is 23.8 Å². The smallest absolute Gasteiger partial charge is 0.406 e. The summed E-state index contributed by atoms with van der Waals surface area (Å²) in [6.07, 6.45) is 3.24. The van der Waals surface area contributed by atoms with Crippen LogP contribution in [0.25, 0.3) is 0 Å². The first-order valence-electron chi connectivity index (χ1n) is 8.18. The number of carbonyl (C=O) groups excluding carboxylic acids is 2. The molecule has 0 unspecified atom stereocenters. The average molecular weight is 318 g/mol. The Labute approximate surface area is 136 Å². The van der Waals surface area contributed by atoms with Crippen LogP contribution in [0.3, 0.4) is 0 Å². The van der Waals surface area contributed by atoms with Crippen LogP contribution >= 0.6 is 0 Å². The standard InChI is InChI=1S/C17H22N2O4/c1-13-7-6-8-14(22-16(20)18-9-2-3-10-18)15(13)23-17(21)19-11-4-5-12-19/h6-8H,2-5,9-12H2,1H3. The molecule has 2 fully saturated rings. The zero-order chi connectivity index (χ0) is 16.2. The number of nitrogens with zero attached hydrogens (tertiary/aromatic N) is 2. The van der Waals surface area contributed by atoms with Gasteiger partial charge < -0.3 is 19.3 Å². The SMILES string of the molecule is Cc1cccc(OC(=O)N2CCCC2)c1OC(=O)N1CCCC1. The lowest BCUT2D eigenvalue weighted by molar-refractivity contribution is 0.151. The number of hydrogen-bond donors (Lipinski definition) is 0. The van der Waals surface area contributed by atoms with Crippen LogP contribution in [0.2, 0.25) is 0 Å². The van der Waals surface area contributed by atoms with Crippen LogP contribution in [0, 0.1) is 6.92 Å². The van der Waals surface area contributed by atoms with E-state index in [4.69, 9.17) is 9.47 Å². The van der Waals surface area contributed by atoms with E-state index >= 15 is 0 Å². The highest BCUT2D eigenvalue weighted by molar-refractivity contribution is 5.75. The van der Waals surface area contributed by atoms with Crippen LogP contribution in [-0.2, 0) is 0 Å². The van der Waals surface area contributed by atoms with Crippen LogP contribution in [0.1, 0.15) is 31.2 Å². The lowest BCUT2D eigenvalue weighted by Crippen LogP contribution is -2.32. The molecule has 0 spiro atoms. The van der Waals surface area contributed by atoms with Crippen molar-refractivity contribution in [2.24, 2.45) is 0 Å². The first-order valence-corrected chi connectivity index (χ1v) is 8.18. The van der Waals surface area contributed by atoms with E-state index in [2.05, 4.69) is 0 Å². The van der Waals surface area contributed by atoms with Gasteiger partial charge in [-0.2, -0.15) is 0 Å². The molecule has 0 aliphatic carbocycles. The molecule has 0 bridgehead atoms. The third-order valence-electron chi connectivity index (χ3n) is 4.29. The summed E-state index contributed by atoms with van der Waals surface area (Å²) in [5, 5.41) is 0. The molecule has 2 aliphatic rings. The van der Waals surface area contributed by atoms with E-state index in [1.54, 1.807) is 21.9 Å². The van der Waals surface area contributed by atoms with E-state index in [1.807, 2.05) is 13.0 Å². The van der Waals surface area contributed by atoms with E-state index in [-0.39, 0.29) is 12.2 Å². The second-order valence-corrected chi connectivity index (χ2v) is 6.03. The van der Waals surface area contributed by atoms with E-state index in [1.165, 1.54) is 0 Å². The fraction of sp³-hybridized carbons (Fsp3) is 0.529. The van der Waals surface area contributed by atoms with Crippen LogP contribution in [-0.4, -0.2) is 48.2 Å². The zero-order valence-electron chi connectivity index (χ0n) is 13.4. The molecule has 1 aromatic carbocycles. The summed E-state index contributed by atoms with van der Waals surface area (Å²) in [7, 11) is 0. The molecular formula is C17H22N2O4. The Morgan fingerprint density at radius 3 is 1.96 bits per heavy atom. The molecule has 0 aromatic heterocycles. The molecule has 23 heavy (non-hydrogen) atoms. The van der Waals surface area contributed by atoms with Crippen LogP contribution in [0.5, 0.6) is 11.5 Å². The van der Waals surface area contributed by atoms with Gasteiger partial charge >= 0.3 is 12.2 Å². The minimum absolute atomic E-state index is 0.300. The van der Waals surface area contributed by atoms with Crippen LogP contribution < -0.4 is 9.47 Å². The Hall–Kier alpha value is -2.24. The highest BCUT2D eigenvalue weighted by Crippen LogP contribution is 2.32. The lowest BCUT2D eigenvalue weighted by Gasteiger charge is -2.19. The molecule has 6 heteroatoms. The number of amides is 2. The molecule has 0 N–H and O–H groups in total. The normalized spacial score (nSPS) is 17.4. The maximum atomic E-state index is 12.2.